The molecule has 1 aliphatic carbocycles. The summed E-state index contributed by atoms with van der Waals surface area (Å²) in [4.78, 5) is 24.6. The van der Waals surface area contributed by atoms with Gasteiger partial charge in [-0.2, -0.15) is 0 Å². The van der Waals surface area contributed by atoms with E-state index in [0.29, 0.717) is 6.42 Å². The molecule has 0 aromatic carbocycles. The number of rotatable bonds is 4. The molecule has 0 spiro atoms. The van der Waals surface area contributed by atoms with Crippen LogP contribution in [0.5, 0.6) is 0 Å². The fourth-order valence-corrected chi connectivity index (χ4v) is 1.87. The van der Waals surface area contributed by atoms with Crippen LogP contribution in [-0.4, -0.2) is 42.4 Å². The standard InChI is InChI=1S/C11H21N3O2/c1-8(10(16)14(2)3)13-9(15)7-11(12)5-4-6-11/h8H,4-7,12H2,1-3H3,(H,13,15). The van der Waals surface area contributed by atoms with E-state index in [9.17, 15) is 9.59 Å². The highest BCUT2D eigenvalue weighted by atomic mass is 16.2. The van der Waals surface area contributed by atoms with Crippen LogP contribution in [0.1, 0.15) is 32.6 Å². The van der Waals surface area contributed by atoms with Gasteiger partial charge in [-0.1, -0.05) is 0 Å². The summed E-state index contributed by atoms with van der Waals surface area (Å²) in [5.74, 6) is -0.238. The van der Waals surface area contributed by atoms with Crippen LogP contribution in [0.15, 0.2) is 0 Å². The highest BCUT2D eigenvalue weighted by Crippen LogP contribution is 2.31. The van der Waals surface area contributed by atoms with Crippen molar-refractivity contribution in [2.24, 2.45) is 5.73 Å². The van der Waals surface area contributed by atoms with Crippen LogP contribution in [0.4, 0.5) is 0 Å². The van der Waals surface area contributed by atoms with Crippen LogP contribution in [0.25, 0.3) is 0 Å². The van der Waals surface area contributed by atoms with Crippen molar-refractivity contribution < 1.29 is 9.59 Å². The second kappa shape index (κ2) is 4.82. The molecule has 5 nitrogen and oxygen atoms in total. The van der Waals surface area contributed by atoms with Gasteiger partial charge in [0.05, 0.1) is 0 Å². The first-order valence-electron chi connectivity index (χ1n) is 5.63. The highest BCUT2D eigenvalue weighted by molar-refractivity contribution is 5.87. The number of likely N-dealkylation sites (N-methyl/N-ethyl adjacent to an activating group) is 1. The Morgan fingerprint density at radius 1 is 1.44 bits per heavy atom. The molecule has 0 bridgehead atoms. The van der Waals surface area contributed by atoms with Crippen LogP contribution < -0.4 is 11.1 Å². The van der Waals surface area contributed by atoms with Gasteiger partial charge in [0.15, 0.2) is 0 Å². The molecule has 0 radical (unpaired) electrons. The maximum absolute atomic E-state index is 11.6. The Balaban J connectivity index is 2.36. The van der Waals surface area contributed by atoms with E-state index < -0.39 is 6.04 Å². The zero-order valence-electron chi connectivity index (χ0n) is 10.2. The van der Waals surface area contributed by atoms with Gasteiger partial charge in [0.1, 0.15) is 6.04 Å². The van der Waals surface area contributed by atoms with Crippen molar-refractivity contribution in [1.82, 2.24) is 10.2 Å². The van der Waals surface area contributed by atoms with Crippen LogP contribution in [0.2, 0.25) is 0 Å². The molecule has 1 rings (SSSR count). The lowest BCUT2D eigenvalue weighted by Crippen LogP contribution is -2.52. The summed E-state index contributed by atoms with van der Waals surface area (Å²) in [6.07, 6.45) is 3.21. The summed E-state index contributed by atoms with van der Waals surface area (Å²) in [5, 5.41) is 2.68. The molecule has 92 valence electrons. The molecule has 0 aliphatic heterocycles. The third kappa shape index (κ3) is 3.20. The predicted octanol–water partition coefficient (Wildman–Crippen LogP) is -0.149. The van der Waals surface area contributed by atoms with Crippen molar-refractivity contribution in [1.29, 1.82) is 0 Å². The van der Waals surface area contributed by atoms with Crippen molar-refractivity contribution in [3.8, 4) is 0 Å². The zero-order chi connectivity index (χ0) is 12.3. The van der Waals surface area contributed by atoms with Gasteiger partial charge in [-0.15, -0.1) is 0 Å². The Kier molecular flexibility index (Phi) is 3.91. The van der Waals surface area contributed by atoms with Gasteiger partial charge in [0, 0.05) is 26.1 Å². The highest BCUT2D eigenvalue weighted by Gasteiger charge is 2.35. The molecular formula is C11H21N3O2. The zero-order valence-corrected chi connectivity index (χ0v) is 10.2. The maximum atomic E-state index is 11.6. The van der Waals surface area contributed by atoms with Crippen LogP contribution in [-0.2, 0) is 9.59 Å². The van der Waals surface area contributed by atoms with Crippen LogP contribution in [0, 0.1) is 0 Å². The van der Waals surface area contributed by atoms with Crippen molar-refractivity contribution in [2.75, 3.05) is 14.1 Å². The molecule has 0 heterocycles. The van der Waals surface area contributed by atoms with E-state index in [1.54, 1.807) is 21.0 Å². The molecule has 1 atom stereocenters. The van der Waals surface area contributed by atoms with E-state index in [0.717, 1.165) is 19.3 Å². The second-order valence-electron chi connectivity index (χ2n) is 4.91. The Labute approximate surface area is 96.4 Å². The largest absolute Gasteiger partial charge is 0.347 e. The third-order valence-corrected chi connectivity index (χ3v) is 3.05. The lowest BCUT2D eigenvalue weighted by atomic mass is 9.75. The first kappa shape index (κ1) is 13.0. The molecule has 0 aromatic rings. The summed E-state index contributed by atoms with van der Waals surface area (Å²) in [6, 6.07) is -0.480. The van der Waals surface area contributed by atoms with Gasteiger partial charge in [-0.25, -0.2) is 0 Å². The molecule has 0 saturated heterocycles. The molecular weight excluding hydrogens is 206 g/mol. The van der Waals surface area contributed by atoms with Crippen molar-refractivity contribution >= 4 is 11.8 Å². The number of amides is 2. The minimum absolute atomic E-state index is 0.104. The monoisotopic (exact) mass is 227 g/mol. The quantitative estimate of drug-likeness (QED) is 0.701. The second-order valence-corrected chi connectivity index (χ2v) is 4.91. The minimum Gasteiger partial charge on any atom is -0.347 e. The first-order valence-corrected chi connectivity index (χ1v) is 5.63. The van der Waals surface area contributed by atoms with E-state index in [4.69, 9.17) is 5.73 Å². The molecule has 3 N–H and O–H groups in total. The Morgan fingerprint density at radius 3 is 2.38 bits per heavy atom. The summed E-state index contributed by atoms with van der Waals surface area (Å²) >= 11 is 0. The van der Waals surface area contributed by atoms with E-state index in [1.165, 1.54) is 4.90 Å². The topological polar surface area (TPSA) is 75.4 Å². The van der Waals surface area contributed by atoms with Crippen LogP contribution >= 0.6 is 0 Å². The number of carbonyl (C=O) groups excluding carboxylic acids is 2. The molecule has 1 saturated carbocycles. The number of nitrogens with zero attached hydrogens (tertiary/aromatic N) is 1. The Bertz CT molecular complexity index is 285. The summed E-state index contributed by atoms with van der Waals surface area (Å²) < 4.78 is 0. The average Bonchev–Trinajstić information content (AvgIpc) is 2.13. The van der Waals surface area contributed by atoms with Gasteiger partial charge in [-0.3, -0.25) is 9.59 Å². The number of hydrogen-bond acceptors (Lipinski definition) is 3. The fraction of sp³-hybridized carbons (Fsp3) is 0.818. The Morgan fingerprint density at radius 2 is 2.00 bits per heavy atom. The average molecular weight is 227 g/mol. The number of nitrogens with two attached hydrogens (primary N) is 1. The minimum atomic E-state index is -0.480. The number of carbonyl (C=O) groups is 2. The molecule has 1 unspecified atom stereocenters. The molecule has 1 fully saturated rings. The summed E-state index contributed by atoms with van der Waals surface area (Å²) in [5.41, 5.74) is 5.63. The van der Waals surface area contributed by atoms with Crippen molar-refractivity contribution in [3.63, 3.8) is 0 Å². The molecule has 0 aromatic heterocycles. The van der Waals surface area contributed by atoms with Crippen molar-refractivity contribution in [3.05, 3.63) is 0 Å². The molecule has 5 heteroatoms. The van der Waals surface area contributed by atoms with E-state index >= 15 is 0 Å². The fourth-order valence-electron chi connectivity index (χ4n) is 1.87. The van der Waals surface area contributed by atoms with Gasteiger partial charge in [0.25, 0.3) is 0 Å². The Hall–Kier alpha value is -1.10. The third-order valence-electron chi connectivity index (χ3n) is 3.05. The van der Waals surface area contributed by atoms with Gasteiger partial charge < -0.3 is 16.0 Å². The normalized spacial score (nSPS) is 19.5. The SMILES string of the molecule is CC(NC(=O)CC1(N)CCC1)C(=O)N(C)C. The van der Waals surface area contributed by atoms with Gasteiger partial charge >= 0.3 is 0 Å². The summed E-state index contributed by atoms with van der Waals surface area (Å²) in [6.45, 7) is 1.68. The van der Waals surface area contributed by atoms with Crippen LogP contribution in [0.3, 0.4) is 0 Å². The molecule has 16 heavy (non-hydrogen) atoms. The molecule has 1 aliphatic rings. The number of nitrogens with one attached hydrogen (secondary N) is 1. The van der Waals surface area contributed by atoms with Gasteiger partial charge in [0.2, 0.25) is 11.8 Å². The van der Waals surface area contributed by atoms with Crippen molar-refractivity contribution in [2.45, 2.75) is 44.2 Å². The van der Waals surface area contributed by atoms with E-state index in [1.807, 2.05) is 0 Å². The predicted molar refractivity (Wildman–Crippen MR) is 61.7 cm³/mol. The molecule has 2 amide bonds. The summed E-state index contributed by atoms with van der Waals surface area (Å²) in [7, 11) is 3.34. The number of hydrogen-bond donors (Lipinski definition) is 2. The first-order chi connectivity index (χ1) is 7.34. The van der Waals surface area contributed by atoms with E-state index in [-0.39, 0.29) is 17.4 Å². The van der Waals surface area contributed by atoms with Gasteiger partial charge in [-0.05, 0) is 26.2 Å². The van der Waals surface area contributed by atoms with E-state index in [2.05, 4.69) is 5.32 Å². The lowest BCUT2D eigenvalue weighted by Gasteiger charge is -2.37. The smallest absolute Gasteiger partial charge is 0.244 e. The maximum Gasteiger partial charge on any atom is 0.244 e. The lowest BCUT2D eigenvalue weighted by molar-refractivity contribution is -0.134.